The third-order valence-corrected chi connectivity index (χ3v) is 1.55. The van der Waals surface area contributed by atoms with Gasteiger partial charge in [-0.25, -0.2) is 14.6 Å². The van der Waals surface area contributed by atoms with Gasteiger partial charge in [-0.3, -0.25) is 0 Å². The van der Waals surface area contributed by atoms with Crippen LogP contribution in [0, 0.1) is 5.41 Å². The van der Waals surface area contributed by atoms with E-state index >= 15 is 0 Å². The second-order valence-corrected chi connectivity index (χ2v) is 3.72. The molecule has 1 atom stereocenters. The lowest BCUT2D eigenvalue weighted by molar-refractivity contribution is 0.0434. The molecule has 0 saturated heterocycles. The van der Waals surface area contributed by atoms with Crippen LogP contribution in [0.15, 0.2) is 4.99 Å². The van der Waals surface area contributed by atoms with Gasteiger partial charge in [-0.1, -0.05) is 20.8 Å². The van der Waals surface area contributed by atoms with Gasteiger partial charge in [0.15, 0.2) is 0 Å². The highest BCUT2D eigenvalue weighted by molar-refractivity contribution is 5.64. The quantitative estimate of drug-likeness (QED) is 0.523. The van der Waals surface area contributed by atoms with Gasteiger partial charge >= 0.3 is 6.09 Å². The fourth-order valence-electron chi connectivity index (χ4n) is 0.748. The van der Waals surface area contributed by atoms with Crippen molar-refractivity contribution in [2.24, 2.45) is 16.1 Å². The van der Waals surface area contributed by atoms with Crippen LogP contribution in [0.3, 0.4) is 0 Å². The SMILES string of the molecule is CC(C)(C)C(CN=C=O)OC(N)=O. The summed E-state index contributed by atoms with van der Waals surface area (Å²) in [6, 6.07) is 0. The summed E-state index contributed by atoms with van der Waals surface area (Å²) >= 11 is 0. The predicted octanol–water partition coefficient (Wildman–Crippen LogP) is 0.832. The van der Waals surface area contributed by atoms with E-state index in [0.717, 1.165) is 0 Å². The number of amides is 1. The van der Waals surface area contributed by atoms with Crippen molar-refractivity contribution in [1.82, 2.24) is 0 Å². The first-order valence-electron chi connectivity index (χ1n) is 3.87. The predicted molar refractivity (Wildman–Crippen MR) is 46.9 cm³/mol. The Labute approximate surface area is 77.0 Å². The molecule has 0 bridgehead atoms. The largest absolute Gasteiger partial charge is 0.444 e. The number of carbonyl (C=O) groups excluding carboxylic acids is 2. The molecule has 0 fully saturated rings. The highest BCUT2D eigenvalue weighted by Gasteiger charge is 2.27. The van der Waals surface area contributed by atoms with Gasteiger partial charge in [-0.05, 0) is 0 Å². The van der Waals surface area contributed by atoms with Gasteiger partial charge in [0.25, 0.3) is 0 Å². The lowest BCUT2D eigenvalue weighted by Gasteiger charge is -2.27. The van der Waals surface area contributed by atoms with Crippen molar-refractivity contribution in [1.29, 1.82) is 0 Å². The highest BCUT2D eigenvalue weighted by Crippen LogP contribution is 2.22. The minimum Gasteiger partial charge on any atom is -0.444 e. The maximum Gasteiger partial charge on any atom is 0.404 e. The average molecular weight is 186 g/mol. The van der Waals surface area contributed by atoms with Gasteiger partial charge < -0.3 is 10.5 Å². The molecule has 0 aliphatic carbocycles. The Hall–Kier alpha value is -1.35. The highest BCUT2D eigenvalue weighted by atomic mass is 16.6. The summed E-state index contributed by atoms with van der Waals surface area (Å²) in [6.07, 6.45) is 0.0322. The number of primary amides is 1. The number of ether oxygens (including phenoxy) is 1. The van der Waals surface area contributed by atoms with Gasteiger partial charge in [0.2, 0.25) is 6.08 Å². The van der Waals surface area contributed by atoms with E-state index in [2.05, 4.69) is 4.99 Å². The van der Waals surface area contributed by atoms with Crippen LogP contribution in [-0.4, -0.2) is 24.8 Å². The molecular formula is C8H14N2O3. The molecule has 5 heteroatoms. The normalized spacial score (nSPS) is 12.8. The van der Waals surface area contributed by atoms with Crippen LogP contribution in [0.25, 0.3) is 0 Å². The van der Waals surface area contributed by atoms with Crippen molar-refractivity contribution in [3.8, 4) is 0 Å². The van der Waals surface area contributed by atoms with Crippen LogP contribution in [0.5, 0.6) is 0 Å². The van der Waals surface area contributed by atoms with E-state index in [0.29, 0.717) is 0 Å². The molecule has 0 spiro atoms. The third kappa shape index (κ3) is 4.98. The van der Waals surface area contributed by atoms with Crippen molar-refractivity contribution in [2.75, 3.05) is 6.54 Å². The zero-order valence-electron chi connectivity index (χ0n) is 8.03. The number of isocyanates is 1. The molecule has 0 radical (unpaired) electrons. The van der Waals surface area contributed by atoms with E-state index in [9.17, 15) is 9.59 Å². The molecular weight excluding hydrogens is 172 g/mol. The van der Waals surface area contributed by atoms with Gasteiger partial charge in [0.1, 0.15) is 6.10 Å². The van der Waals surface area contributed by atoms with Crippen LogP contribution in [0.2, 0.25) is 0 Å². The number of nitrogens with zero attached hydrogens (tertiary/aromatic N) is 1. The standard InChI is InChI=1S/C8H14N2O3/c1-8(2,3)6(4-10-5-11)13-7(9)12/h6H,4H2,1-3H3,(H2,9,12). The Kier molecular flexibility index (Phi) is 4.14. The number of hydrogen-bond donors (Lipinski definition) is 1. The number of aliphatic imine (C=N–C) groups is 1. The van der Waals surface area contributed by atoms with E-state index in [-0.39, 0.29) is 12.0 Å². The molecule has 2 N–H and O–H groups in total. The third-order valence-electron chi connectivity index (χ3n) is 1.55. The van der Waals surface area contributed by atoms with Gasteiger partial charge in [0.05, 0.1) is 6.54 Å². The lowest BCUT2D eigenvalue weighted by atomic mass is 9.89. The van der Waals surface area contributed by atoms with Gasteiger partial charge in [-0.2, -0.15) is 0 Å². The molecule has 0 saturated carbocycles. The zero-order chi connectivity index (χ0) is 10.5. The minimum atomic E-state index is -0.860. The summed E-state index contributed by atoms with van der Waals surface area (Å²) in [6.45, 7) is 5.68. The Bertz CT molecular complexity index is 222. The minimum absolute atomic E-state index is 0.0932. The molecule has 1 amide bonds. The van der Waals surface area contributed by atoms with E-state index in [1.807, 2.05) is 20.8 Å². The molecule has 0 aliphatic rings. The van der Waals surface area contributed by atoms with Crippen molar-refractivity contribution < 1.29 is 14.3 Å². The van der Waals surface area contributed by atoms with Gasteiger partial charge in [0, 0.05) is 5.41 Å². The number of carbonyl (C=O) groups is 1. The molecule has 13 heavy (non-hydrogen) atoms. The van der Waals surface area contributed by atoms with E-state index in [1.165, 1.54) is 6.08 Å². The Morgan fingerprint density at radius 1 is 1.62 bits per heavy atom. The fourth-order valence-corrected chi connectivity index (χ4v) is 0.748. The molecule has 0 aliphatic heterocycles. The summed E-state index contributed by atoms with van der Waals surface area (Å²) in [5.41, 5.74) is 4.56. The van der Waals surface area contributed by atoms with Gasteiger partial charge in [-0.15, -0.1) is 0 Å². The second-order valence-electron chi connectivity index (χ2n) is 3.72. The first kappa shape index (κ1) is 11.6. The summed E-state index contributed by atoms with van der Waals surface area (Å²) < 4.78 is 4.78. The zero-order valence-corrected chi connectivity index (χ0v) is 8.03. The van der Waals surface area contributed by atoms with Crippen LogP contribution < -0.4 is 5.73 Å². The average Bonchev–Trinajstić information content (AvgIpc) is 1.95. The fraction of sp³-hybridized carbons (Fsp3) is 0.750. The number of rotatable bonds is 3. The Morgan fingerprint density at radius 3 is 2.46 bits per heavy atom. The second kappa shape index (κ2) is 4.62. The molecule has 5 nitrogen and oxygen atoms in total. The molecule has 0 heterocycles. The first-order valence-corrected chi connectivity index (χ1v) is 3.87. The maximum atomic E-state index is 10.5. The summed E-state index contributed by atoms with van der Waals surface area (Å²) in [7, 11) is 0. The van der Waals surface area contributed by atoms with E-state index in [1.54, 1.807) is 0 Å². The van der Waals surface area contributed by atoms with Crippen LogP contribution >= 0.6 is 0 Å². The van der Waals surface area contributed by atoms with Crippen molar-refractivity contribution in [3.63, 3.8) is 0 Å². The monoisotopic (exact) mass is 186 g/mol. The maximum absolute atomic E-state index is 10.5. The summed E-state index contributed by atoms with van der Waals surface area (Å²) in [5.74, 6) is 0. The molecule has 1 unspecified atom stereocenters. The van der Waals surface area contributed by atoms with Crippen molar-refractivity contribution in [3.05, 3.63) is 0 Å². The molecule has 0 rings (SSSR count). The van der Waals surface area contributed by atoms with Crippen LogP contribution in [-0.2, 0) is 9.53 Å². The molecule has 0 aromatic rings. The van der Waals surface area contributed by atoms with Crippen molar-refractivity contribution >= 4 is 12.2 Å². The summed E-state index contributed by atoms with van der Waals surface area (Å²) in [5, 5.41) is 0. The lowest BCUT2D eigenvalue weighted by Crippen LogP contribution is -2.36. The molecule has 0 aromatic carbocycles. The first-order chi connectivity index (χ1) is 5.88. The van der Waals surface area contributed by atoms with Crippen molar-refractivity contribution in [2.45, 2.75) is 26.9 Å². The smallest absolute Gasteiger partial charge is 0.404 e. The Balaban J connectivity index is 4.36. The number of nitrogens with two attached hydrogens (primary N) is 1. The number of hydrogen-bond acceptors (Lipinski definition) is 4. The Morgan fingerprint density at radius 2 is 2.15 bits per heavy atom. The van der Waals surface area contributed by atoms with E-state index in [4.69, 9.17) is 10.5 Å². The van der Waals surface area contributed by atoms with Crippen LogP contribution in [0.4, 0.5) is 4.79 Å². The van der Waals surface area contributed by atoms with Crippen LogP contribution in [0.1, 0.15) is 20.8 Å². The van der Waals surface area contributed by atoms with E-state index < -0.39 is 12.2 Å². The summed E-state index contributed by atoms with van der Waals surface area (Å²) in [4.78, 5) is 23.7. The molecule has 0 aromatic heterocycles. The molecule has 74 valence electrons. The topological polar surface area (TPSA) is 81.8 Å².